The van der Waals surface area contributed by atoms with E-state index in [0.717, 1.165) is 0 Å². The molecule has 10 heteroatoms. The molecule has 1 heterocycles. The summed E-state index contributed by atoms with van der Waals surface area (Å²) in [6, 6.07) is -0.927. The van der Waals surface area contributed by atoms with Crippen LogP contribution < -0.4 is 5.32 Å². The van der Waals surface area contributed by atoms with Crippen molar-refractivity contribution in [3.05, 3.63) is 0 Å². The van der Waals surface area contributed by atoms with Crippen LogP contribution in [0.3, 0.4) is 0 Å². The topological polar surface area (TPSA) is 126 Å². The lowest BCUT2D eigenvalue weighted by Crippen LogP contribution is -2.66. The van der Waals surface area contributed by atoms with Gasteiger partial charge in [-0.1, -0.05) is 0 Å². The number of hydrogen-bond donors (Lipinski definition) is 1. The van der Waals surface area contributed by atoms with Crippen LogP contribution in [-0.4, -0.2) is 68.2 Å². The molecule has 25 heavy (non-hydrogen) atoms. The Labute approximate surface area is 145 Å². The second-order valence-electron chi connectivity index (χ2n) is 5.46. The van der Waals surface area contributed by atoms with Crippen LogP contribution in [0.4, 0.5) is 0 Å². The molecule has 0 spiro atoms. The standard InChI is InChI=1S/C15H23NO9/c1-7(17)16-12-14(21-5)13(23-9(3)19)11(6-22-8(2)18)25-15(12)24-10(4)20/h11-15H,6H2,1-5H3,(H,16,17)/t11-,12-,13+,14-,15+/m1/s1. The van der Waals surface area contributed by atoms with Crippen molar-refractivity contribution in [2.24, 2.45) is 0 Å². The van der Waals surface area contributed by atoms with Crippen molar-refractivity contribution >= 4 is 23.8 Å². The number of ether oxygens (including phenoxy) is 5. The summed E-state index contributed by atoms with van der Waals surface area (Å²) in [4.78, 5) is 45.3. The Morgan fingerprint density at radius 2 is 1.52 bits per heavy atom. The zero-order valence-corrected chi connectivity index (χ0v) is 14.8. The molecule has 0 aromatic heterocycles. The Hall–Kier alpha value is -2.20. The van der Waals surface area contributed by atoms with Crippen LogP contribution in [0.2, 0.25) is 0 Å². The van der Waals surface area contributed by atoms with Crippen molar-refractivity contribution < 1.29 is 42.9 Å². The maximum atomic E-state index is 11.5. The van der Waals surface area contributed by atoms with Crippen LogP contribution in [0.1, 0.15) is 27.7 Å². The molecular weight excluding hydrogens is 338 g/mol. The molecule has 5 atom stereocenters. The number of amides is 1. The van der Waals surface area contributed by atoms with Gasteiger partial charge in [-0.05, 0) is 0 Å². The van der Waals surface area contributed by atoms with Crippen LogP contribution in [0.15, 0.2) is 0 Å². The lowest BCUT2D eigenvalue weighted by atomic mass is 9.96. The highest BCUT2D eigenvalue weighted by atomic mass is 16.7. The Balaban J connectivity index is 3.14. The number of esters is 3. The van der Waals surface area contributed by atoms with E-state index in [4.69, 9.17) is 23.7 Å². The third-order valence-corrected chi connectivity index (χ3v) is 3.32. The predicted molar refractivity (Wildman–Crippen MR) is 81.0 cm³/mol. The Bertz CT molecular complexity index is 521. The van der Waals surface area contributed by atoms with Gasteiger partial charge in [0.15, 0.2) is 6.10 Å². The smallest absolute Gasteiger partial charge is 0.305 e. The fourth-order valence-corrected chi connectivity index (χ4v) is 2.50. The third-order valence-electron chi connectivity index (χ3n) is 3.32. The van der Waals surface area contributed by atoms with E-state index in [1.54, 1.807) is 0 Å². The van der Waals surface area contributed by atoms with Gasteiger partial charge in [-0.3, -0.25) is 19.2 Å². The molecule has 1 rings (SSSR count). The summed E-state index contributed by atoms with van der Waals surface area (Å²) in [5.41, 5.74) is 0. The molecule has 0 aromatic rings. The minimum atomic E-state index is -1.21. The molecule has 1 fully saturated rings. The Kier molecular flexibility index (Phi) is 7.78. The highest BCUT2D eigenvalue weighted by Crippen LogP contribution is 2.27. The van der Waals surface area contributed by atoms with Crippen molar-refractivity contribution in [3.8, 4) is 0 Å². The van der Waals surface area contributed by atoms with E-state index in [2.05, 4.69) is 5.32 Å². The van der Waals surface area contributed by atoms with Gasteiger partial charge in [0, 0.05) is 34.8 Å². The van der Waals surface area contributed by atoms with E-state index in [0.29, 0.717) is 0 Å². The maximum Gasteiger partial charge on any atom is 0.305 e. The summed E-state index contributed by atoms with van der Waals surface area (Å²) >= 11 is 0. The second kappa shape index (κ2) is 9.33. The van der Waals surface area contributed by atoms with Crippen molar-refractivity contribution in [1.82, 2.24) is 5.32 Å². The number of methoxy groups -OCH3 is 1. The molecular formula is C15H23NO9. The lowest BCUT2D eigenvalue weighted by Gasteiger charge is -2.44. The minimum Gasteiger partial charge on any atom is -0.463 e. The number of nitrogens with one attached hydrogen (secondary N) is 1. The van der Waals surface area contributed by atoms with Gasteiger partial charge in [0.2, 0.25) is 12.2 Å². The number of carbonyl (C=O) groups excluding carboxylic acids is 4. The number of rotatable bonds is 6. The van der Waals surface area contributed by atoms with E-state index in [1.807, 2.05) is 0 Å². The van der Waals surface area contributed by atoms with E-state index < -0.39 is 54.5 Å². The lowest BCUT2D eigenvalue weighted by molar-refractivity contribution is -0.271. The first-order valence-electron chi connectivity index (χ1n) is 7.58. The summed E-state index contributed by atoms with van der Waals surface area (Å²) in [5, 5.41) is 2.56. The summed E-state index contributed by atoms with van der Waals surface area (Å²) in [5.74, 6) is -2.25. The zero-order chi connectivity index (χ0) is 19.1. The highest BCUT2D eigenvalue weighted by Gasteiger charge is 2.50. The van der Waals surface area contributed by atoms with Gasteiger partial charge in [0.1, 0.15) is 24.9 Å². The van der Waals surface area contributed by atoms with Crippen LogP contribution >= 0.6 is 0 Å². The first-order valence-corrected chi connectivity index (χ1v) is 7.58. The molecule has 1 aliphatic heterocycles. The van der Waals surface area contributed by atoms with E-state index in [9.17, 15) is 19.2 Å². The molecule has 0 bridgehead atoms. The summed E-state index contributed by atoms with van der Waals surface area (Å²) < 4.78 is 26.2. The molecule has 0 aromatic carbocycles. The minimum absolute atomic E-state index is 0.252. The molecule has 10 nitrogen and oxygen atoms in total. The van der Waals surface area contributed by atoms with Crippen molar-refractivity contribution in [2.75, 3.05) is 13.7 Å². The van der Waals surface area contributed by atoms with E-state index in [-0.39, 0.29) is 6.61 Å². The largest absolute Gasteiger partial charge is 0.463 e. The van der Waals surface area contributed by atoms with Crippen LogP contribution in [-0.2, 0) is 42.9 Å². The fraction of sp³-hybridized carbons (Fsp3) is 0.733. The number of hydrogen-bond acceptors (Lipinski definition) is 9. The molecule has 1 N–H and O–H groups in total. The first-order chi connectivity index (χ1) is 11.6. The van der Waals surface area contributed by atoms with Gasteiger partial charge in [-0.2, -0.15) is 0 Å². The molecule has 1 saturated heterocycles. The van der Waals surface area contributed by atoms with Crippen molar-refractivity contribution in [1.29, 1.82) is 0 Å². The average Bonchev–Trinajstić information content (AvgIpc) is 2.46. The average molecular weight is 361 g/mol. The second-order valence-corrected chi connectivity index (χ2v) is 5.46. The third kappa shape index (κ3) is 6.31. The van der Waals surface area contributed by atoms with Crippen LogP contribution in [0, 0.1) is 0 Å². The maximum absolute atomic E-state index is 11.5. The Morgan fingerprint density at radius 1 is 0.920 bits per heavy atom. The molecule has 142 valence electrons. The molecule has 0 saturated carbocycles. The van der Waals surface area contributed by atoms with Gasteiger partial charge in [0.05, 0.1) is 0 Å². The summed E-state index contributed by atoms with van der Waals surface area (Å²) in [7, 11) is 1.34. The van der Waals surface area contributed by atoms with Crippen LogP contribution in [0.5, 0.6) is 0 Å². The van der Waals surface area contributed by atoms with Crippen molar-refractivity contribution in [2.45, 2.75) is 58.3 Å². The zero-order valence-electron chi connectivity index (χ0n) is 14.8. The first kappa shape index (κ1) is 20.8. The van der Waals surface area contributed by atoms with Gasteiger partial charge >= 0.3 is 17.9 Å². The SMILES string of the molecule is CO[C@@H]1[C@@H](NC(C)=O)[C@@H](OC(C)=O)O[C@H](COC(C)=O)[C@@H]1OC(C)=O. The molecule has 0 radical (unpaired) electrons. The predicted octanol–water partition coefficient (Wildman–Crippen LogP) is -0.711. The summed E-state index contributed by atoms with van der Waals surface area (Å²) in [6.07, 6.45) is -4.05. The van der Waals surface area contributed by atoms with Gasteiger partial charge in [0.25, 0.3) is 0 Å². The molecule has 1 amide bonds. The van der Waals surface area contributed by atoms with E-state index in [1.165, 1.54) is 34.8 Å². The van der Waals surface area contributed by atoms with E-state index >= 15 is 0 Å². The van der Waals surface area contributed by atoms with Gasteiger partial charge in [-0.25, -0.2) is 0 Å². The van der Waals surface area contributed by atoms with Gasteiger partial charge < -0.3 is 29.0 Å². The highest BCUT2D eigenvalue weighted by molar-refractivity contribution is 5.73. The molecule has 0 unspecified atom stereocenters. The van der Waals surface area contributed by atoms with Crippen molar-refractivity contribution in [3.63, 3.8) is 0 Å². The molecule has 1 aliphatic rings. The monoisotopic (exact) mass is 361 g/mol. The quantitative estimate of drug-likeness (QED) is 0.482. The Morgan fingerprint density at radius 3 is 1.96 bits per heavy atom. The van der Waals surface area contributed by atoms with Crippen LogP contribution in [0.25, 0.3) is 0 Å². The summed E-state index contributed by atoms with van der Waals surface area (Å²) in [6.45, 7) is 4.60. The van der Waals surface area contributed by atoms with Gasteiger partial charge in [-0.15, -0.1) is 0 Å². The normalized spacial score (nSPS) is 28.6. The number of carbonyl (C=O) groups is 4. The fourth-order valence-electron chi connectivity index (χ4n) is 2.50. The molecule has 0 aliphatic carbocycles.